The Bertz CT molecular complexity index is 671. The van der Waals surface area contributed by atoms with Crippen molar-refractivity contribution in [1.82, 2.24) is 9.88 Å². The number of aromatic nitrogens is 1. The van der Waals surface area contributed by atoms with E-state index in [9.17, 15) is 4.79 Å². The van der Waals surface area contributed by atoms with E-state index < -0.39 is 0 Å². The third-order valence-electron chi connectivity index (χ3n) is 4.18. The van der Waals surface area contributed by atoms with Crippen LogP contribution < -0.4 is 5.32 Å². The predicted molar refractivity (Wildman–Crippen MR) is 95.2 cm³/mol. The van der Waals surface area contributed by atoms with Gasteiger partial charge >= 0.3 is 0 Å². The Hall–Kier alpha value is -1.43. The highest BCUT2D eigenvalue weighted by molar-refractivity contribution is 7.15. The number of thiazole rings is 1. The lowest BCUT2D eigenvalue weighted by atomic mass is 10.0. The monoisotopic (exact) mass is 349 g/mol. The number of nitrogens with one attached hydrogen (secondary N) is 1. The van der Waals surface area contributed by atoms with Crippen LogP contribution in [0.15, 0.2) is 30.5 Å². The maximum absolute atomic E-state index is 12.2. The largest absolute Gasteiger partial charge is 0.298 e. The van der Waals surface area contributed by atoms with Crippen molar-refractivity contribution in [3.63, 3.8) is 0 Å². The van der Waals surface area contributed by atoms with Gasteiger partial charge in [-0.05, 0) is 50.6 Å². The number of piperidine rings is 1. The number of carbonyl (C=O) groups excluding carboxylic acids is 1. The molecule has 1 N–H and O–H groups in total. The second kappa shape index (κ2) is 7.43. The molecule has 1 aliphatic heterocycles. The zero-order valence-corrected chi connectivity index (χ0v) is 14.7. The molecule has 2 heterocycles. The molecular formula is C17H20ClN3OS. The molecule has 0 saturated carbocycles. The van der Waals surface area contributed by atoms with Crippen molar-refractivity contribution >= 4 is 34.0 Å². The highest BCUT2D eigenvalue weighted by atomic mass is 35.5. The van der Waals surface area contributed by atoms with Crippen molar-refractivity contribution in [2.75, 3.05) is 11.9 Å². The van der Waals surface area contributed by atoms with E-state index in [1.54, 1.807) is 35.6 Å². The summed E-state index contributed by atoms with van der Waals surface area (Å²) in [6, 6.07) is 7.46. The first kappa shape index (κ1) is 16.4. The molecule has 4 nitrogen and oxygen atoms in total. The summed E-state index contributed by atoms with van der Waals surface area (Å²) in [5, 5.41) is 4.12. The molecule has 1 amide bonds. The number of hydrogen-bond acceptors (Lipinski definition) is 4. The molecule has 0 bridgehead atoms. The number of nitrogens with zero attached hydrogens (tertiary/aromatic N) is 2. The SMILES string of the molecule is CC1CCCCN1Cc1cnc(NC(=O)c2ccc(Cl)cc2)s1. The van der Waals surface area contributed by atoms with Crippen LogP contribution in [-0.2, 0) is 6.54 Å². The molecule has 23 heavy (non-hydrogen) atoms. The second-order valence-electron chi connectivity index (χ2n) is 5.91. The summed E-state index contributed by atoms with van der Waals surface area (Å²) in [4.78, 5) is 20.2. The summed E-state index contributed by atoms with van der Waals surface area (Å²) in [7, 11) is 0. The van der Waals surface area contributed by atoms with Crippen molar-refractivity contribution in [3.05, 3.63) is 45.9 Å². The van der Waals surface area contributed by atoms with Gasteiger partial charge in [-0.15, -0.1) is 11.3 Å². The van der Waals surface area contributed by atoms with Crippen LogP contribution in [0.25, 0.3) is 0 Å². The average molecular weight is 350 g/mol. The Kier molecular flexibility index (Phi) is 5.30. The number of amides is 1. The first-order chi connectivity index (χ1) is 11.1. The van der Waals surface area contributed by atoms with Crippen LogP contribution in [0.5, 0.6) is 0 Å². The third-order valence-corrected chi connectivity index (χ3v) is 5.33. The molecular weight excluding hydrogens is 330 g/mol. The molecule has 1 aromatic carbocycles. The van der Waals surface area contributed by atoms with Gasteiger partial charge in [0.2, 0.25) is 0 Å². The van der Waals surface area contributed by atoms with E-state index in [0.717, 1.165) is 13.1 Å². The predicted octanol–water partition coefficient (Wildman–Crippen LogP) is 4.42. The summed E-state index contributed by atoms with van der Waals surface area (Å²) in [6.07, 6.45) is 5.72. The van der Waals surface area contributed by atoms with E-state index in [1.165, 1.54) is 24.1 Å². The average Bonchev–Trinajstić information content (AvgIpc) is 2.97. The van der Waals surface area contributed by atoms with E-state index in [2.05, 4.69) is 22.1 Å². The van der Waals surface area contributed by atoms with Crippen molar-refractivity contribution in [1.29, 1.82) is 0 Å². The molecule has 2 aromatic rings. The Balaban J connectivity index is 1.60. The van der Waals surface area contributed by atoms with E-state index in [4.69, 9.17) is 11.6 Å². The van der Waals surface area contributed by atoms with Crippen molar-refractivity contribution in [2.45, 2.75) is 38.8 Å². The molecule has 3 rings (SSSR count). The second-order valence-corrected chi connectivity index (χ2v) is 7.46. The van der Waals surface area contributed by atoms with Crippen molar-refractivity contribution in [3.8, 4) is 0 Å². The fourth-order valence-corrected chi connectivity index (χ4v) is 3.76. The molecule has 1 unspecified atom stereocenters. The fourth-order valence-electron chi connectivity index (χ4n) is 2.80. The number of halogens is 1. The molecule has 6 heteroatoms. The molecule has 1 aromatic heterocycles. The molecule has 0 radical (unpaired) electrons. The molecule has 122 valence electrons. The number of carbonyl (C=O) groups is 1. The van der Waals surface area contributed by atoms with Crippen LogP contribution in [-0.4, -0.2) is 28.4 Å². The van der Waals surface area contributed by atoms with E-state index >= 15 is 0 Å². The topological polar surface area (TPSA) is 45.2 Å². The Morgan fingerprint density at radius 3 is 2.91 bits per heavy atom. The van der Waals surface area contributed by atoms with E-state index in [0.29, 0.717) is 21.8 Å². The van der Waals surface area contributed by atoms with Crippen LogP contribution in [0, 0.1) is 0 Å². The molecule has 0 spiro atoms. The summed E-state index contributed by atoms with van der Waals surface area (Å²) in [6.45, 7) is 4.34. The number of benzene rings is 1. The maximum atomic E-state index is 12.2. The zero-order chi connectivity index (χ0) is 16.2. The van der Waals surface area contributed by atoms with Gasteiger partial charge in [0.25, 0.3) is 5.91 Å². The van der Waals surface area contributed by atoms with E-state index in [1.807, 2.05) is 6.20 Å². The molecule has 1 saturated heterocycles. The highest BCUT2D eigenvalue weighted by Crippen LogP contribution is 2.24. The van der Waals surface area contributed by atoms with Gasteiger partial charge < -0.3 is 0 Å². The number of rotatable bonds is 4. The third kappa shape index (κ3) is 4.31. The standard InChI is InChI=1S/C17H20ClN3OS/c1-12-4-2-3-9-21(12)11-15-10-19-17(23-15)20-16(22)13-5-7-14(18)8-6-13/h5-8,10,12H,2-4,9,11H2,1H3,(H,19,20,22). The first-order valence-electron chi connectivity index (χ1n) is 7.87. The van der Waals surface area contributed by atoms with Crippen LogP contribution in [0.3, 0.4) is 0 Å². The van der Waals surface area contributed by atoms with Gasteiger partial charge in [0.1, 0.15) is 0 Å². The molecule has 1 aliphatic rings. The number of anilines is 1. The van der Waals surface area contributed by atoms with Crippen LogP contribution in [0.2, 0.25) is 5.02 Å². The summed E-state index contributed by atoms with van der Waals surface area (Å²) in [5.41, 5.74) is 0.579. The quantitative estimate of drug-likeness (QED) is 0.888. The summed E-state index contributed by atoms with van der Waals surface area (Å²) < 4.78 is 0. The highest BCUT2D eigenvalue weighted by Gasteiger charge is 2.19. The van der Waals surface area contributed by atoms with Crippen molar-refractivity contribution < 1.29 is 4.79 Å². The van der Waals surface area contributed by atoms with Gasteiger partial charge in [-0.2, -0.15) is 0 Å². The zero-order valence-electron chi connectivity index (χ0n) is 13.1. The lowest BCUT2D eigenvalue weighted by Crippen LogP contribution is -2.36. The lowest BCUT2D eigenvalue weighted by molar-refractivity contribution is 0.102. The Labute approximate surface area is 145 Å². The van der Waals surface area contributed by atoms with Gasteiger partial charge in [-0.3, -0.25) is 15.0 Å². The Morgan fingerprint density at radius 1 is 1.39 bits per heavy atom. The maximum Gasteiger partial charge on any atom is 0.257 e. The van der Waals surface area contributed by atoms with Gasteiger partial charge in [-0.25, -0.2) is 4.98 Å². The lowest BCUT2D eigenvalue weighted by Gasteiger charge is -2.32. The van der Waals surface area contributed by atoms with Gasteiger partial charge in [0, 0.05) is 34.2 Å². The summed E-state index contributed by atoms with van der Waals surface area (Å²) >= 11 is 7.38. The fraction of sp³-hybridized carbons (Fsp3) is 0.412. The van der Waals surface area contributed by atoms with Crippen LogP contribution in [0.4, 0.5) is 5.13 Å². The molecule has 1 atom stereocenters. The minimum atomic E-state index is -0.158. The number of likely N-dealkylation sites (tertiary alicyclic amines) is 1. The normalized spacial score (nSPS) is 18.8. The minimum Gasteiger partial charge on any atom is -0.298 e. The van der Waals surface area contributed by atoms with Crippen LogP contribution >= 0.6 is 22.9 Å². The van der Waals surface area contributed by atoms with Gasteiger partial charge in [-0.1, -0.05) is 18.0 Å². The van der Waals surface area contributed by atoms with Gasteiger partial charge in [0.15, 0.2) is 5.13 Å². The Morgan fingerprint density at radius 2 is 2.17 bits per heavy atom. The number of hydrogen-bond donors (Lipinski definition) is 1. The molecule has 1 fully saturated rings. The van der Waals surface area contributed by atoms with E-state index in [-0.39, 0.29) is 5.91 Å². The minimum absolute atomic E-state index is 0.158. The van der Waals surface area contributed by atoms with Gasteiger partial charge in [0.05, 0.1) is 0 Å². The van der Waals surface area contributed by atoms with Crippen molar-refractivity contribution in [2.24, 2.45) is 0 Å². The first-order valence-corrected chi connectivity index (χ1v) is 9.07. The smallest absolute Gasteiger partial charge is 0.257 e. The summed E-state index contributed by atoms with van der Waals surface area (Å²) in [5.74, 6) is -0.158. The molecule has 0 aliphatic carbocycles. The van der Waals surface area contributed by atoms with Crippen LogP contribution in [0.1, 0.15) is 41.4 Å².